The van der Waals surface area contributed by atoms with E-state index in [4.69, 9.17) is 0 Å². The van der Waals surface area contributed by atoms with E-state index in [1.54, 1.807) is 0 Å². The molecule has 0 aliphatic carbocycles. The van der Waals surface area contributed by atoms with E-state index in [1.807, 2.05) is 17.5 Å². The fraction of sp³-hybridized carbons (Fsp3) is 0.583. The molecule has 3 nitrogen and oxygen atoms in total. The second kappa shape index (κ2) is 5.38. The van der Waals surface area contributed by atoms with Crippen LogP contribution in [0.25, 0.3) is 0 Å². The number of rotatable bonds is 2. The molecule has 3 aliphatic rings. The topological polar surface area (TPSA) is 32.3 Å². The lowest BCUT2D eigenvalue weighted by Gasteiger charge is -2.44. The van der Waals surface area contributed by atoms with Crippen LogP contribution in [0.2, 0.25) is 0 Å². The number of thiophene rings is 1. The second-order valence-corrected chi connectivity index (χ2v) is 5.64. The molecule has 0 spiro atoms. The molecule has 3 saturated heterocycles. The van der Waals surface area contributed by atoms with E-state index in [1.165, 1.54) is 37.3 Å². The Morgan fingerprint density at radius 1 is 1.41 bits per heavy atom. The molecule has 2 bridgehead atoms. The fourth-order valence-electron chi connectivity index (χ4n) is 2.78. The largest absolute Gasteiger partial charge is 0.347 e. The monoisotopic (exact) mass is 272 g/mol. The van der Waals surface area contributed by atoms with E-state index in [-0.39, 0.29) is 18.3 Å². The molecule has 94 valence electrons. The molecule has 1 N–H and O–H groups in total. The number of nitrogens with one attached hydrogen (secondary N) is 1. The number of fused-ring (bicyclic) bond motifs is 3. The van der Waals surface area contributed by atoms with Gasteiger partial charge in [-0.1, -0.05) is 6.07 Å². The Morgan fingerprint density at radius 3 is 2.71 bits per heavy atom. The highest BCUT2D eigenvalue weighted by atomic mass is 35.5. The van der Waals surface area contributed by atoms with Crippen molar-refractivity contribution in [2.24, 2.45) is 5.92 Å². The molecular weight excluding hydrogens is 256 g/mol. The van der Waals surface area contributed by atoms with Crippen LogP contribution in [0.3, 0.4) is 0 Å². The lowest BCUT2D eigenvalue weighted by molar-refractivity contribution is 0.0622. The van der Waals surface area contributed by atoms with Crippen LogP contribution in [0.15, 0.2) is 17.5 Å². The van der Waals surface area contributed by atoms with Gasteiger partial charge in [-0.15, -0.1) is 23.7 Å². The molecular formula is C12H17ClN2OS. The molecule has 0 aromatic carbocycles. The van der Waals surface area contributed by atoms with Crippen molar-refractivity contribution in [2.75, 3.05) is 19.6 Å². The third-order valence-corrected chi connectivity index (χ3v) is 4.59. The third-order valence-electron chi connectivity index (χ3n) is 3.72. The molecule has 5 heteroatoms. The Kier molecular flexibility index (Phi) is 4.07. The van der Waals surface area contributed by atoms with Gasteiger partial charge >= 0.3 is 0 Å². The highest BCUT2D eigenvalue weighted by Crippen LogP contribution is 2.27. The Morgan fingerprint density at radius 2 is 2.18 bits per heavy atom. The Balaban J connectivity index is 0.00000108. The van der Waals surface area contributed by atoms with E-state index in [0.717, 1.165) is 11.4 Å². The third kappa shape index (κ3) is 2.64. The van der Waals surface area contributed by atoms with Crippen molar-refractivity contribution in [3.05, 3.63) is 22.4 Å². The van der Waals surface area contributed by atoms with Crippen molar-refractivity contribution in [3.8, 4) is 0 Å². The maximum Gasteiger partial charge on any atom is 0.261 e. The van der Waals surface area contributed by atoms with E-state index < -0.39 is 0 Å². The molecule has 1 aromatic rings. The summed E-state index contributed by atoms with van der Waals surface area (Å²) in [6.45, 7) is 3.48. The quantitative estimate of drug-likeness (QED) is 0.893. The van der Waals surface area contributed by atoms with E-state index in [9.17, 15) is 4.79 Å². The molecule has 1 amide bonds. The van der Waals surface area contributed by atoms with Gasteiger partial charge in [-0.25, -0.2) is 0 Å². The SMILES string of the molecule is Cl.O=C(NC1CN2CCC1CC2)c1cccs1. The number of hydrogen-bond donors (Lipinski definition) is 1. The zero-order valence-electron chi connectivity index (χ0n) is 9.59. The van der Waals surface area contributed by atoms with E-state index in [2.05, 4.69) is 10.2 Å². The molecule has 4 rings (SSSR count). The second-order valence-electron chi connectivity index (χ2n) is 4.70. The van der Waals surface area contributed by atoms with Crippen molar-refractivity contribution >= 4 is 29.7 Å². The molecule has 17 heavy (non-hydrogen) atoms. The first-order valence-electron chi connectivity index (χ1n) is 5.89. The molecule has 1 unspecified atom stereocenters. The van der Waals surface area contributed by atoms with Crippen LogP contribution in [-0.4, -0.2) is 36.5 Å². The van der Waals surface area contributed by atoms with Gasteiger partial charge in [0.1, 0.15) is 0 Å². The fourth-order valence-corrected chi connectivity index (χ4v) is 3.40. The van der Waals surface area contributed by atoms with Gasteiger partial charge in [-0.05, 0) is 43.3 Å². The zero-order valence-corrected chi connectivity index (χ0v) is 11.2. The smallest absolute Gasteiger partial charge is 0.261 e. The Bertz CT molecular complexity index is 374. The summed E-state index contributed by atoms with van der Waals surface area (Å²) in [6, 6.07) is 4.19. The van der Waals surface area contributed by atoms with Gasteiger partial charge in [0.05, 0.1) is 4.88 Å². The summed E-state index contributed by atoms with van der Waals surface area (Å²) in [5.41, 5.74) is 0. The number of amides is 1. The molecule has 0 radical (unpaired) electrons. The molecule has 3 fully saturated rings. The first kappa shape index (κ1) is 12.9. The van der Waals surface area contributed by atoms with Gasteiger partial charge in [-0.3, -0.25) is 4.79 Å². The Labute approximate surface area is 112 Å². The van der Waals surface area contributed by atoms with Gasteiger partial charge in [0.25, 0.3) is 5.91 Å². The lowest BCUT2D eigenvalue weighted by atomic mass is 9.84. The molecule has 3 aliphatic heterocycles. The van der Waals surface area contributed by atoms with Gasteiger partial charge < -0.3 is 10.2 Å². The number of halogens is 1. The van der Waals surface area contributed by atoms with Gasteiger partial charge in [0.15, 0.2) is 0 Å². The van der Waals surface area contributed by atoms with Crippen LogP contribution in [0.4, 0.5) is 0 Å². The number of piperidine rings is 3. The molecule has 4 heterocycles. The molecule has 0 saturated carbocycles. The Hall–Kier alpha value is -0.580. The first-order chi connectivity index (χ1) is 7.83. The van der Waals surface area contributed by atoms with Gasteiger partial charge in [-0.2, -0.15) is 0 Å². The summed E-state index contributed by atoms with van der Waals surface area (Å²) in [5, 5.41) is 5.13. The minimum atomic E-state index is 0. The molecule has 1 atom stereocenters. The summed E-state index contributed by atoms with van der Waals surface area (Å²) < 4.78 is 0. The highest BCUT2D eigenvalue weighted by molar-refractivity contribution is 7.12. The van der Waals surface area contributed by atoms with Crippen LogP contribution in [0.5, 0.6) is 0 Å². The van der Waals surface area contributed by atoms with Crippen molar-refractivity contribution in [3.63, 3.8) is 0 Å². The van der Waals surface area contributed by atoms with E-state index >= 15 is 0 Å². The van der Waals surface area contributed by atoms with Crippen molar-refractivity contribution in [1.82, 2.24) is 10.2 Å². The average molecular weight is 273 g/mol. The van der Waals surface area contributed by atoms with Crippen LogP contribution in [0, 0.1) is 5.92 Å². The predicted octanol–water partition coefficient (Wildman–Crippen LogP) is 1.99. The van der Waals surface area contributed by atoms with Crippen molar-refractivity contribution < 1.29 is 4.79 Å². The highest BCUT2D eigenvalue weighted by Gasteiger charge is 2.34. The number of carbonyl (C=O) groups excluding carboxylic acids is 1. The molecule has 1 aromatic heterocycles. The zero-order chi connectivity index (χ0) is 11.0. The van der Waals surface area contributed by atoms with E-state index in [0.29, 0.717) is 12.0 Å². The average Bonchev–Trinajstić information content (AvgIpc) is 2.84. The lowest BCUT2D eigenvalue weighted by Crippen LogP contribution is -2.57. The van der Waals surface area contributed by atoms with Gasteiger partial charge in [0.2, 0.25) is 0 Å². The van der Waals surface area contributed by atoms with Crippen molar-refractivity contribution in [1.29, 1.82) is 0 Å². The summed E-state index contributed by atoms with van der Waals surface area (Å²) >= 11 is 1.51. The summed E-state index contributed by atoms with van der Waals surface area (Å²) in [6.07, 6.45) is 2.49. The minimum absolute atomic E-state index is 0. The number of hydrogen-bond acceptors (Lipinski definition) is 3. The predicted molar refractivity (Wildman–Crippen MR) is 72.0 cm³/mol. The summed E-state index contributed by atoms with van der Waals surface area (Å²) in [7, 11) is 0. The minimum Gasteiger partial charge on any atom is -0.347 e. The summed E-state index contributed by atoms with van der Waals surface area (Å²) in [5.74, 6) is 0.808. The van der Waals surface area contributed by atoms with Crippen LogP contribution in [-0.2, 0) is 0 Å². The maximum absolute atomic E-state index is 11.9. The van der Waals surface area contributed by atoms with Crippen molar-refractivity contribution in [2.45, 2.75) is 18.9 Å². The van der Waals surface area contributed by atoms with Crippen LogP contribution in [0.1, 0.15) is 22.5 Å². The number of carbonyl (C=O) groups is 1. The van der Waals surface area contributed by atoms with Crippen LogP contribution < -0.4 is 5.32 Å². The summed E-state index contributed by atoms with van der Waals surface area (Å²) in [4.78, 5) is 15.2. The normalized spacial score (nSPS) is 30.7. The first-order valence-corrected chi connectivity index (χ1v) is 6.77. The number of nitrogens with zero attached hydrogens (tertiary/aromatic N) is 1. The van der Waals surface area contributed by atoms with Gasteiger partial charge in [0, 0.05) is 12.6 Å². The van der Waals surface area contributed by atoms with Crippen LogP contribution >= 0.6 is 23.7 Å². The maximum atomic E-state index is 11.9. The standard InChI is InChI=1S/C12H16N2OS.ClH/c15-12(11-2-1-7-16-11)13-10-8-14-5-3-9(10)4-6-14;/h1-2,7,9-10H,3-6,8H2,(H,13,15);1H.